The number of benzene rings is 2. The van der Waals surface area contributed by atoms with Gasteiger partial charge in [-0.2, -0.15) is 5.26 Å². The monoisotopic (exact) mass is 324 g/mol. The fourth-order valence-corrected chi connectivity index (χ4v) is 2.31. The number of hydrogen-bond acceptors (Lipinski definition) is 5. The highest BCUT2D eigenvalue weighted by Crippen LogP contribution is 2.23. The van der Waals surface area contributed by atoms with Gasteiger partial charge in [-0.3, -0.25) is 0 Å². The van der Waals surface area contributed by atoms with Crippen LogP contribution in [0.15, 0.2) is 46.9 Å². The molecule has 0 aliphatic heterocycles. The van der Waals surface area contributed by atoms with Crippen molar-refractivity contribution in [1.82, 2.24) is 10.2 Å². The Hall–Kier alpha value is -2.84. The molecule has 23 heavy (non-hydrogen) atoms. The normalized spacial score (nSPS) is 10.3. The van der Waals surface area contributed by atoms with Crippen LogP contribution in [0.2, 0.25) is 5.02 Å². The Morgan fingerprint density at radius 1 is 1.22 bits per heavy atom. The van der Waals surface area contributed by atoms with E-state index in [-0.39, 0.29) is 0 Å². The van der Waals surface area contributed by atoms with Gasteiger partial charge in [0.1, 0.15) is 6.07 Å². The van der Waals surface area contributed by atoms with E-state index in [9.17, 15) is 0 Å². The minimum Gasteiger partial charge on any atom is -0.419 e. The largest absolute Gasteiger partial charge is 0.419 e. The Bertz CT molecular complexity index is 882. The molecular weight excluding hydrogens is 312 g/mol. The second-order valence-electron chi connectivity index (χ2n) is 4.98. The third kappa shape index (κ3) is 3.33. The summed E-state index contributed by atoms with van der Waals surface area (Å²) in [6, 6.07) is 15.0. The Kier molecular flexibility index (Phi) is 4.26. The number of aromatic nitrogens is 2. The van der Waals surface area contributed by atoms with Crippen LogP contribution in [0, 0.1) is 18.3 Å². The summed E-state index contributed by atoms with van der Waals surface area (Å²) < 4.78 is 5.68. The van der Waals surface area contributed by atoms with Crippen molar-refractivity contribution < 1.29 is 4.42 Å². The van der Waals surface area contributed by atoms with E-state index in [1.807, 2.05) is 37.3 Å². The molecule has 3 rings (SSSR count). The second kappa shape index (κ2) is 6.51. The number of nitrogens with one attached hydrogen (secondary N) is 1. The molecule has 0 radical (unpaired) electrons. The van der Waals surface area contributed by atoms with Gasteiger partial charge in [-0.1, -0.05) is 29.8 Å². The van der Waals surface area contributed by atoms with Crippen molar-refractivity contribution in [2.75, 3.05) is 5.32 Å². The van der Waals surface area contributed by atoms with Crippen molar-refractivity contribution in [3.8, 4) is 17.5 Å². The average Bonchev–Trinajstić information content (AvgIpc) is 3.03. The molecule has 0 aliphatic carbocycles. The van der Waals surface area contributed by atoms with Crippen LogP contribution in [0.3, 0.4) is 0 Å². The molecule has 0 saturated carbocycles. The zero-order chi connectivity index (χ0) is 16.2. The molecule has 0 saturated heterocycles. The van der Waals surface area contributed by atoms with E-state index in [2.05, 4.69) is 15.5 Å². The van der Waals surface area contributed by atoms with Crippen molar-refractivity contribution >= 4 is 17.3 Å². The number of anilines is 1. The molecule has 0 unspecified atom stereocenters. The molecule has 2 aromatic carbocycles. The predicted molar refractivity (Wildman–Crippen MR) is 88.0 cm³/mol. The lowest BCUT2D eigenvalue weighted by Crippen LogP contribution is -2.00. The molecule has 114 valence electrons. The van der Waals surface area contributed by atoms with E-state index in [1.165, 1.54) is 0 Å². The third-order valence-electron chi connectivity index (χ3n) is 3.37. The lowest BCUT2D eigenvalue weighted by molar-refractivity contribution is 0.514. The smallest absolute Gasteiger partial charge is 0.248 e. The number of hydrogen-bond donors (Lipinski definition) is 1. The van der Waals surface area contributed by atoms with Crippen LogP contribution >= 0.6 is 11.6 Å². The van der Waals surface area contributed by atoms with Crippen LogP contribution in [0.25, 0.3) is 11.5 Å². The van der Waals surface area contributed by atoms with Gasteiger partial charge in [0.15, 0.2) is 0 Å². The molecule has 3 aromatic rings. The van der Waals surface area contributed by atoms with Crippen molar-refractivity contribution in [3.63, 3.8) is 0 Å². The van der Waals surface area contributed by atoms with Gasteiger partial charge in [0.05, 0.1) is 17.1 Å². The van der Waals surface area contributed by atoms with E-state index in [1.54, 1.807) is 18.2 Å². The maximum atomic E-state index is 8.98. The molecule has 0 spiro atoms. The zero-order valence-electron chi connectivity index (χ0n) is 12.4. The SMILES string of the molecule is Cc1ccccc1-c1nnc(CNc2ccc(Cl)c(C#N)c2)o1. The van der Waals surface area contributed by atoms with Crippen LogP contribution in [0.5, 0.6) is 0 Å². The van der Waals surface area contributed by atoms with Crippen LogP contribution in [-0.2, 0) is 6.54 Å². The molecular formula is C17H13ClN4O. The third-order valence-corrected chi connectivity index (χ3v) is 3.70. The van der Waals surface area contributed by atoms with Gasteiger partial charge in [-0.25, -0.2) is 0 Å². The molecule has 5 nitrogen and oxygen atoms in total. The standard InChI is InChI=1S/C17H13ClN4O/c1-11-4-2-3-5-14(11)17-22-21-16(23-17)10-20-13-6-7-15(18)12(8-13)9-19/h2-8,20H,10H2,1H3. The maximum absolute atomic E-state index is 8.98. The zero-order valence-corrected chi connectivity index (χ0v) is 13.1. The van der Waals surface area contributed by atoms with Crippen molar-refractivity contribution in [1.29, 1.82) is 5.26 Å². The molecule has 1 heterocycles. The topological polar surface area (TPSA) is 74.7 Å². The van der Waals surface area contributed by atoms with E-state index >= 15 is 0 Å². The number of nitrogens with zero attached hydrogens (tertiary/aromatic N) is 3. The Labute approximate surface area is 138 Å². The predicted octanol–water partition coefficient (Wildman–Crippen LogP) is 4.18. The molecule has 0 aliphatic rings. The first-order chi connectivity index (χ1) is 11.2. The highest BCUT2D eigenvalue weighted by molar-refractivity contribution is 6.31. The Balaban J connectivity index is 1.73. The van der Waals surface area contributed by atoms with Crippen molar-refractivity contribution in [2.24, 2.45) is 0 Å². The van der Waals surface area contributed by atoms with E-state index in [4.69, 9.17) is 21.3 Å². The first-order valence-corrected chi connectivity index (χ1v) is 7.37. The lowest BCUT2D eigenvalue weighted by atomic mass is 10.1. The van der Waals surface area contributed by atoms with Gasteiger partial charge in [-0.15, -0.1) is 10.2 Å². The summed E-state index contributed by atoms with van der Waals surface area (Å²) in [4.78, 5) is 0. The molecule has 0 bridgehead atoms. The fraction of sp³-hybridized carbons (Fsp3) is 0.118. The van der Waals surface area contributed by atoms with Gasteiger partial charge >= 0.3 is 0 Å². The van der Waals surface area contributed by atoms with Gasteiger partial charge in [0.25, 0.3) is 0 Å². The minimum atomic E-state index is 0.366. The quantitative estimate of drug-likeness (QED) is 0.779. The Morgan fingerprint density at radius 3 is 2.83 bits per heavy atom. The second-order valence-corrected chi connectivity index (χ2v) is 5.38. The van der Waals surface area contributed by atoms with Crippen LogP contribution in [0.4, 0.5) is 5.69 Å². The van der Waals surface area contributed by atoms with Crippen molar-refractivity contribution in [2.45, 2.75) is 13.5 Å². The lowest BCUT2D eigenvalue weighted by Gasteiger charge is -2.04. The van der Waals surface area contributed by atoms with Gasteiger partial charge < -0.3 is 9.73 Å². The highest BCUT2D eigenvalue weighted by atomic mass is 35.5. The summed E-state index contributed by atoms with van der Waals surface area (Å²) in [5.74, 6) is 0.963. The Morgan fingerprint density at radius 2 is 2.04 bits per heavy atom. The highest BCUT2D eigenvalue weighted by Gasteiger charge is 2.10. The van der Waals surface area contributed by atoms with Gasteiger partial charge in [-0.05, 0) is 36.8 Å². The van der Waals surface area contributed by atoms with E-state index in [0.717, 1.165) is 16.8 Å². The fourth-order valence-electron chi connectivity index (χ4n) is 2.15. The summed E-state index contributed by atoms with van der Waals surface area (Å²) in [6.07, 6.45) is 0. The number of aryl methyl sites for hydroxylation is 1. The number of rotatable bonds is 4. The molecule has 6 heteroatoms. The van der Waals surface area contributed by atoms with E-state index in [0.29, 0.717) is 28.9 Å². The molecule has 1 N–H and O–H groups in total. The van der Waals surface area contributed by atoms with Gasteiger partial charge in [0, 0.05) is 11.3 Å². The van der Waals surface area contributed by atoms with Crippen LogP contribution in [0.1, 0.15) is 17.0 Å². The van der Waals surface area contributed by atoms with Crippen LogP contribution in [-0.4, -0.2) is 10.2 Å². The summed E-state index contributed by atoms with van der Waals surface area (Å²) >= 11 is 5.91. The van der Waals surface area contributed by atoms with Crippen LogP contribution < -0.4 is 5.32 Å². The molecule has 0 amide bonds. The number of halogens is 1. The summed E-state index contributed by atoms with van der Waals surface area (Å²) in [6.45, 7) is 2.36. The molecule has 0 fully saturated rings. The van der Waals surface area contributed by atoms with Crippen molar-refractivity contribution in [3.05, 3.63) is 64.5 Å². The molecule has 1 aromatic heterocycles. The van der Waals surface area contributed by atoms with E-state index < -0.39 is 0 Å². The first-order valence-electron chi connectivity index (χ1n) is 6.99. The minimum absolute atomic E-state index is 0.366. The number of nitriles is 1. The maximum Gasteiger partial charge on any atom is 0.248 e. The molecule has 0 atom stereocenters. The summed E-state index contributed by atoms with van der Waals surface area (Å²) in [7, 11) is 0. The first kappa shape index (κ1) is 15.1. The summed E-state index contributed by atoms with van der Waals surface area (Å²) in [5.41, 5.74) is 3.18. The van der Waals surface area contributed by atoms with Gasteiger partial charge in [0.2, 0.25) is 11.8 Å². The average molecular weight is 325 g/mol. The summed E-state index contributed by atoms with van der Waals surface area (Å²) in [5, 5.41) is 20.7.